The molecule has 0 aromatic heterocycles. The minimum atomic E-state index is -4.31. The Morgan fingerprint density at radius 2 is 2.07 bits per heavy atom. The first-order valence-electron chi connectivity index (χ1n) is 4.89. The van der Waals surface area contributed by atoms with Gasteiger partial charge >= 0.3 is 10.4 Å². The Kier molecular flexibility index (Phi) is 8.45. The summed E-state index contributed by atoms with van der Waals surface area (Å²) in [5.41, 5.74) is 0. The molecule has 15 heavy (non-hydrogen) atoms. The molecule has 0 radical (unpaired) electrons. The molecular weight excluding hydrogens is 240 g/mol. The lowest BCUT2D eigenvalue weighted by Crippen LogP contribution is -2.04. The smallest absolute Gasteiger partial charge is 0.396 e. The zero-order valence-electron chi connectivity index (χ0n) is 8.76. The molecule has 0 aliphatic rings. The summed E-state index contributed by atoms with van der Waals surface area (Å²) in [5.74, 6) is 0.847. The second kappa shape index (κ2) is 8.35. The van der Waals surface area contributed by atoms with Gasteiger partial charge in [0.2, 0.25) is 0 Å². The second-order valence-corrected chi connectivity index (χ2v) is 5.31. The van der Waals surface area contributed by atoms with Crippen molar-refractivity contribution in [3.63, 3.8) is 0 Å². The Bertz CT molecular complexity index is 235. The number of rotatable bonds is 9. The molecule has 1 atom stereocenters. The normalized spacial score (nSPS) is 14.1. The van der Waals surface area contributed by atoms with Crippen molar-refractivity contribution in [2.45, 2.75) is 32.6 Å². The number of hydrogen-bond acceptors (Lipinski definition) is 5. The molecule has 5 nitrogen and oxygen atoms in total. The zero-order valence-corrected chi connectivity index (χ0v) is 10.4. The largest absolute Gasteiger partial charge is 0.408 e. The van der Waals surface area contributed by atoms with Crippen molar-refractivity contribution in [2.75, 3.05) is 12.4 Å². The van der Waals surface area contributed by atoms with Gasteiger partial charge in [-0.1, -0.05) is 19.8 Å². The van der Waals surface area contributed by atoms with Crippen LogP contribution in [0.5, 0.6) is 0 Å². The predicted octanol–water partition coefficient (Wildman–Crippen LogP) is 1.64. The van der Waals surface area contributed by atoms with Crippen molar-refractivity contribution in [2.24, 2.45) is 5.92 Å². The molecule has 0 rings (SSSR count). The fourth-order valence-corrected chi connectivity index (χ4v) is 2.19. The van der Waals surface area contributed by atoms with Crippen LogP contribution in [0.25, 0.3) is 0 Å². The van der Waals surface area contributed by atoms with Gasteiger partial charge in [-0.05, 0) is 18.8 Å². The van der Waals surface area contributed by atoms with Crippen molar-refractivity contribution in [3.05, 3.63) is 0 Å². The van der Waals surface area contributed by atoms with Crippen molar-refractivity contribution >= 4 is 22.4 Å². The van der Waals surface area contributed by atoms with Crippen LogP contribution in [0.2, 0.25) is 0 Å². The zero-order chi connectivity index (χ0) is 11.7. The number of aliphatic hydroxyl groups is 1. The van der Waals surface area contributed by atoms with E-state index in [-0.39, 0.29) is 6.61 Å². The summed E-state index contributed by atoms with van der Waals surface area (Å²) in [4.78, 5) is 0. The number of aliphatic hydroxyl groups excluding tert-OH is 1. The Hall–Kier alpha value is 0.180. The summed E-state index contributed by atoms with van der Waals surface area (Å²) in [6.07, 6.45) is 3.60. The van der Waals surface area contributed by atoms with E-state index in [1.165, 1.54) is 0 Å². The van der Waals surface area contributed by atoms with Crippen LogP contribution in [-0.4, -0.2) is 30.4 Å². The summed E-state index contributed by atoms with van der Waals surface area (Å²) >= 11 is 0.727. The van der Waals surface area contributed by atoms with Gasteiger partial charge in [-0.2, -0.15) is 12.0 Å². The third kappa shape index (κ3) is 10.5. The Labute approximate surface area is 95.4 Å². The summed E-state index contributed by atoms with van der Waals surface area (Å²) < 4.78 is 32.6. The molecule has 2 N–H and O–H groups in total. The molecule has 0 heterocycles. The third-order valence-electron chi connectivity index (χ3n) is 2.06. The van der Waals surface area contributed by atoms with E-state index >= 15 is 0 Å². The highest BCUT2D eigenvalue weighted by Crippen LogP contribution is 2.15. The predicted molar refractivity (Wildman–Crippen MR) is 59.8 cm³/mol. The van der Waals surface area contributed by atoms with Crippen LogP contribution in [0.15, 0.2) is 0 Å². The van der Waals surface area contributed by atoms with E-state index in [9.17, 15) is 8.42 Å². The van der Waals surface area contributed by atoms with Gasteiger partial charge in [-0.15, -0.1) is 0 Å². The summed E-state index contributed by atoms with van der Waals surface area (Å²) in [6.45, 7) is 2.22. The molecule has 0 bridgehead atoms. The van der Waals surface area contributed by atoms with E-state index in [0.717, 1.165) is 37.7 Å². The molecule has 1 unspecified atom stereocenters. The molecule has 7 heteroatoms. The second-order valence-electron chi connectivity index (χ2n) is 3.27. The molecule has 0 spiro atoms. The van der Waals surface area contributed by atoms with Crippen LogP contribution in [0, 0.1) is 5.92 Å². The molecule has 0 aliphatic carbocycles. The van der Waals surface area contributed by atoms with E-state index in [2.05, 4.69) is 3.63 Å². The molecule has 0 saturated carbocycles. The van der Waals surface area contributed by atoms with Gasteiger partial charge < -0.3 is 5.11 Å². The summed E-state index contributed by atoms with van der Waals surface area (Å²) in [5, 5.41) is 8.89. The van der Waals surface area contributed by atoms with Gasteiger partial charge in [0.05, 0.1) is 0 Å². The molecule has 0 amide bonds. The quantitative estimate of drug-likeness (QED) is 0.371. The fourth-order valence-electron chi connectivity index (χ4n) is 1.11. The fraction of sp³-hybridized carbons (Fsp3) is 1.00. The molecule has 0 aliphatic heterocycles. The Balaban J connectivity index is 3.32. The van der Waals surface area contributed by atoms with Crippen LogP contribution in [0.4, 0.5) is 0 Å². The molecule has 0 saturated heterocycles. The Morgan fingerprint density at radius 3 is 2.53 bits per heavy atom. The summed E-state index contributed by atoms with van der Waals surface area (Å²) in [6, 6.07) is 0. The first kappa shape index (κ1) is 15.2. The van der Waals surface area contributed by atoms with Crippen LogP contribution in [-0.2, 0) is 14.0 Å². The van der Waals surface area contributed by atoms with E-state index in [4.69, 9.17) is 9.66 Å². The average molecular weight is 258 g/mol. The SMILES string of the molecule is CCC(CO)CCCCSOS(=O)(=O)O. The number of unbranched alkanes of at least 4 members (excludes halogenated alkanes) is 1. The van der Waals surface area contributed by atoms with Crippen molar-refractivity contribution < 1.29 is 21.7 Å². The van der Waals surface area contributed by atoms with Crippen LogP contribution >= 0.6 is 12.0 Å². The highest BCUT2D eigenvalue weighted by Gasteiger charge is 2.06. The van der Waals surface area contributed by atoms with Crippen molar-refractivity contribution in [1.82, 2.24) is 0 Å². The van der Waals surface area contributed by atoms with E-state index in [1.54, 1.807) is 0 Å². The van der Waals surface area contributed by atoms with E-state index < -0.39 is 10.4 Å². The van der Waals surface area contributed by atoms with Gasteiger partial charge in [-0.25, -0.2) is 0 Å². The van der Waals surface area contributed by atoms with Crippen molar-refractivity contribution in [3.8, 4) is 0 Å². The van der Waals surface area contributed by atoms with Gasteiger partial charge in [0.25, 0.3) is 0 Å². The molecule has 0 fully saturated rings. The molecule has 0 aromatic carbocycles. The molecular formula is C8H18O5S2. The lowest BCUT2D eigenvalue weighted by atomic mass is 10.0. The topological polar surface area (TPSA) is 83.8 Å². The first-order valence-corrected chi connectivity index (χ1v) is 7.16. The monoisotopic (exact) mass is 258 g/mol. The van der Waals surface area contributed by atoms with Crippen molar-refractivity contribution in [1.29, 1.82) is 0 Å². The van der Waals surface area contributed by atoms with Crippen LogP contribution in [0.1, 0.15) is 32.6 Å². The van der Waals surface area contributed by atoms with E-state index in [1.807, 2.05) is 6.92 Å². The maximum atomic E-state index is 10.1. The Morgan fingerprint density at radius 1 is 1.40 bits per heavy atom. The minimum absolute atomic E-state index is 0.200. The van der Waals surface area contributed by atoms with Gasteiger partial charge in [0, 0.05) is 24.4 Å². The highest BCUT2D eigenvalue weighted by atomic mass is 32.3. The lowest BCUT2D eigenvalue weighted by Gasteiger charge is -2.09. The number of hydrogen-bond donors (Lipinski definition) is 2. The maximum absolute atomic E-state index is 10.1. The van der Waals surface area contributed by atoms with E-state index in [0.29, 0.717) is 11.7 Å². The minimum Gasteiger partial charge on any atom is -0.396 e. The van der Waals surface area contributed by atoms with Crippen LogP contribution in [0.3, 0.4) is 0 Å². The summed E-state index contributed by atoms with van der Waals surface area (Å²) in [7, 11) is -4.31. The third-order valence-corrected chi connectivity index (χ3v) is 3.59. The molecule has 92 valence electrons. The average Bonchev–Trinajstić information content (AvgIpc) is 2.15. The standard InChI is InChI=1S/C8H18O5S2/c1-2-8(7-9)5-3-4-6-14-13-15(10,11)12/h8-9H,2-7H2,1H3,(H,10,11,12). The van der Waals surface area contributed by atoms with Gasteiger partial charge in [0.15, 0.2) is 0 Å². The molecule has 0 aromatic rings. The van der Waals surface area contributed by atoms with Crippen LogP contribution < -0.4 is 0 Å². The lowest BCUT2D eigenvalue weighted by molar-refractivity contribution is 0.212. The highest BCUT2D eigenvalue weighted by molar-refractivity contribution is 8.02. The van der Waals surface area contributed by atoms with Gasteiger partial charge in [-0.3, -0.25) is 4.55 Å². The first-order chi connectivity index (χ1) is 6.99. The maximum Gasteiger partial charge on any atom is 0.408 e. The van der Waals surface area contributed by atoms with Gasteiger partial charge in [0.1, 0.15) is 0 Å².